The van der Waals surface area contributed by atoms with Gasteiger partial charge < -0.3 is 5.32 Å². The van der Waals surface area contributed by atoms with Gasteiger partial charge in [0.2, 0.25) is 0 Å². The highest BCUT2D eigenvalue weighted by molar-refractivity contribution is 5.95. The lowest BCUT2D eigenvalue weighted by Crippen LogP contribution is -2.26. The number of amides is 1. The van der Waals surface area contributed by atoms with Crippen LogP contribution in [0.25, 0.3) is 0 Å². The maximum Gasteiger partial charge on any atom is 0.251 e. The van der Waals surface area contributed by atoms with E-state index in [2.05, 4.69) is 10.3 Å². The number of carbonyl (C=O) groups excluding carboxylic acids is 1. The number of nitrogens with one attached hydrogen (secondary N) is 1. The van der Waals surface area contributed by atoms with Gasteiger partial charge in [-0.15, -0.1) is 0 Å². The second-order valence-corrected chi connectivity index (χ2v) is 4.57. The second-order valence-electron chi connectivity index (χ2n) is 4.57. The number of pyridine rings is 1. The number of aryl methyl sites for hydroxylation is 1. The Kier molecular flexibility index (Phi) is 4.29. The summed E-state index contributed by atoms with van der Waals surface area (Å²) in [6.07, 6.45) is 2.51. The molecule has 3 heteroatoms. The van der Waals surface area contributed by atoms with Gasteiger partial charge in [0.1, 0.15) is 0 Å². The van der Waals surface area contributed by atoms with Gasteiger partial charge in [0.25, 0.3) is 5.91 Å². The molecule has 19 heavy (non-hydrogen) atoms. The summed E-state index contributed by atoms with van der Waals surface area (Å²) < 4.78 is 0. The van der Waals surface area contributed by atoms with E-state index in [1.165, 1.54) is 0 Å². The van der Waals surface area contributed by atoms with Gasteiger partial charge in [-0.05, 0) is 43.2 Å². The molecule has 0 radical (unpaired) electrons. The number of nitrogens with zero attached hydrogens (tertiary/aromatic N) is 1. The molecule has 98 valence electrons. The SMILES string of the molecule is Cc1cccc(C(=O)NCCc2ccccn2)c1C. The highest BCUT2D eigenvalue weighted by atomic mass is 16.1. The third-order valence-electron chi connectivity index (χ3n) is 3.24. The van der Waals surface area contributed by atoms with Crippen molar-refractivity contribution in [2.45, 2.75) is 20.3 Å². The third kappa shape index (κ3) is 3.41. The second kappa shape index (κ2) is 6.14. The summed E-state index contributed by atoms with van der Waals surface area (Å²) in [6.45, 7) is 4.59. The van der Waals surface area contributed by atoms with Crippen molar-refractivity contribution in [3.05, 3.63) is 65.0 Å². The number of aromatic nitrogens is 1. The largest absolute Gasteiger partial charge is 0.352 e. The molecule has 0 saturated carbocycles. The molecule has 1 amide bonds. The minimum Gasteiger partial charge on any atom is -0.352 e. The van der Waals surface area contributed by atoms with Crippen LogP contribution in [0.1, 0.15) is 27.2 Å². The lowest BCUT2D eigenvalue weighted by molar-refractivity contribution is 0.0953. The Hall–Kier alpha value is -2.16. The van der Waals surface area contributed by atoms with Crippen LogP contribution in [0, 0.1) is 13.8 Å². The van der Waals surface area contributed by atoms with Crippen LogP contribution in [0.3, 0.4) is 0 Å². The van der Waals surface area contributed by atoms with E-state index in [1.807, 2.05) is 50.2 Å². The first-order chi connectivity index (χ1) is 9.18. The first-order valence-corrected chi connectivity index (χ1v) is 6.43. The molecule has 0 bridgehead atoms. The van der Waals surface area contributed by atoms with Gasteiger partial charge in [-0.2, -0.15) is 0 Å². The summed E-state index contributed by atoms with van der Waals surface area (Å²) >= 11 is 0. The van der Waals surface area contributed by atoms with Gasteiger partial charge in [-0.25, -0.2) is 0 Å². The van der Waals surface area contributed by atoms with Gasteiger partial charge in [-0.3, -0.25) is 9.78 Å². The Bertz CT molecular complexity index is 564. The highest BCUT2D eigenvalue weighted by Gasteiger charge is 2.09. The van der Waals surface area contributed by atoms with Crippen molar-refractivity contribution in [1.29, 1.82) is 0 Å². The summed E-state index contributed by atoms with van der Waals surface area (Å²) in [6, 6.07) is 11.6. The maximum atomic E-state index is 12.1. The van der Waals surface area contributed by atoms with E-state index in [0.717, 1.165) is 28.8 Å². The molecule has 0 saturated heterocycles. The number of carbonyl (C=O) groups is 1. The predicted octanol–water partition coefficient (Wildman–Crippen LogP) is 2.67. The van der Waals surface area contributed by atoms with E-state index in [1.54, 1.807) is 6.20 Å². The first-order valence-electron chi connectivity index (χ1n) is 6.43. The lowest BCUT2D eigenvalue weighted by atomic mass is 10.0. The molecule has 1 aromatic heterocycles. The Morgan fingerprint density at radius 1 is 1.16 bits per heavy atom. The van der Waals surface area contributed by atoms with Gasteiger partial charge in [-0.1, -0.05) is 18.2 Å². The molecule has 0 spiro atoms. The molecular formula is C16H18N2O. The van der Waals surface area contributed by atoms with Crippen molar-refractivity contribution in [2.75, 3.05) is 6.54 Å². The molecule has 0 aliphatic rings. The van der Waals surface area contributed by atoms with Crippen LogP contribution in [-0.4, -0.2) is 17.4 Å². The van der Waals surface area contributed by atoms with Crippen molar-refractivity contribution >= 4 is 5.91 Å². The van der Waals surface area contributed by atoms with Gasteiger partial charge in [0, 0.05) is 30.4 Å². The zero-order chi connectivity index (χ0) is 13.7. The van der Waals surface area contributed by atoms with E-state index in [4.69, 9.17) is 0 Å². The fourth-order valence-corrected chi connectivity index (χ4v) is 1.94. The summed E-state index contributed by atoms with van der Waals surface area (Å²) in [5.74, 6) is -0.0165. The maximum absolute atomic E-state index is 12.1. The van der Waals surface area contributed by atoms with Crippen LogP contribution in [0.15, 0.2) is 42.6 Å². The molecule has 3 nitrogen and oxygen atoms in total. The average molecular weight is 254 g/mol. The zero-order valence-electron chi connectivity index (χ0n) is 11.3. The monoisotopic (exact) mass is 254 g/mol. The fraction of sp³-hybridized carbons (Fsp3) is 0.250. The topological polar surface area (TPSA) is 42.0 Å². The zero-order valence-corrected chi connectivity index (χ0v) is 11.3. The molecular weight excluding hydrogens is 236 g/mol. The Morgan fingerprint density at radius 2 is 2.00 bits per heavy atom. The molecule has 0 atom stereocenters. The summed E-state index contributed by atoms with van der Waals surface area (Å²) in [5, 5.41) is 2.94. The fourth-order valence-electron chi connectivity index (χ4n) is 1.94. The van der Waals surface area contributed by atoms with Gasteiger partial charge in [0.15, 0.2) is 0 Å². The van der Waals surface area contributed by atoms with E-state index in [9.17, 15) is 4.79 Å². The van der Waals surface area contributed by atoms with Gasteiger partial charge in [0.05, 0.1) is 0 Å². The van der Waals surface area contributed by atoms with Crippen molar-refractivity contribution < 1.29 is 4.79 Å². The van der Waals surface area contributed by atoms with E-state index in [-0.39, 0.29) is 5.91 Å². The lowest BCUT2D eigenvalue weighted by Gasteiger charge is -2.09. The standard InChI is InChI=1S/C16H18N2O/c1-12-6-5-8-15(13(12)2)16(19)18-11-9-14-7-3-4-10-17-14/h3-8,10H,9,11H2,1-2H3,(H,18,19). The molecule has 0 unspecified atom stereocenters. The first kappa shape index (κ1) is 13.3. The van der Waals surface area contributed by atoms with Crippen LogP contribution in [0.5, 0.6) is 0 Å². The number of hydrogen-bond donors (Lipinski definition) is 1. The van der Waals surface area contributed by atoms with Crippen LogP contribution < -0.4 is 5.32 Å². The van der Waals surface area contributed by atoms with Crippen LogP contribution in [0.2, 0.25) is 0 Å². The smallest absolute Gasteiger partial charge is 0.251 e. The molecule has 2 aromatic rings. The molecule has 0 aliphatic carbocycles. The Labute approximate surface area is 113 Å². The molecule has 1 N–H and O–H groups in total. The minimum atomic E-state index is -0.0165. The summed E-state index contributed by atoms with van der Waals surface area (Å²) in [7, 11) is 0. The molecule has 1 aromatic carbocycles. The van der Waals surface area contributed by atoms with Crippen LogP contribution in [0.4, 0.5) is 0 Å². The molecule has 0 fully saturated rings. The molecule has 0 aliphatic heterocycles. The van der Waals surface area contributed by atoms with E-state index >= 15 is 0 Å². The summed E-state index contributed by atoms with van der Waals surface area (Å²) in [5.41, 5.74) is 3.92. The third-order valence-corrected chi connectivity index (χ3v) is 3.24. The van der Waals surface area contributed by atoms with E-state index < -0.39 is 0 Å². The minimum absolute atomic E-state index is 0.0165. The molecule has 1 heterocycles. The Morgan fingerprint density at radius 3 is 2.74 bits per heavy atom. The normalized spacial score (nSPS) is 10.2. The predicted molar refractivity (Wildman–Crippen MR) is 76.2 cm³/mol. The van der Waals surface area contributed by atoms with Crippen molar-refractivity contribution in [3.8, 4) is 0 Å². The van der Waals surface area contributed by atoms with Crippen LogP contribution >= 0.6 is 0 Å². The van der Waals surface area contributed by atoms with Crippen molar-refractivity contribution in [3.63, 3.8) is 0 Å². The van der Waals surface area contributed by atoms with E-state index in [0.29, 0.717) is 6.54 Å². The number of hydrogen-bond acceptors (Lipinski definition) is 2. The van der Waals surface area contributed by atoms with Crippen molar-refractivity contribution in [2.24, 2.45) is 0 Å². The summed E-state index contributed by atoms with van der Waals surface area (Å²) in [4.78, 5) is 16.3. The van der Waals surface area contributed by atoms with Crippen LogP contribution in [-0.2, 0) is 6.42 Å². The molecule has 2 rings (SSSR count). The number of benzene rings is 1. The van der Waals surface area contributed by atoms with Gasteiger partial charge >= 0.3 is 0 Å². The average Bonchev–Trinajstić information content (AvgIpc) is 2.43. The van der Waals surface area contributed by atoms with Crippen molar-refractivity contribution in [1.82, 2.24) is 10.3 Å². The Balaban J connectivity index is 1.93. The number of rotatable bonds is 4. The highest BCUT2D eigenvalue weighted by Crippen LogP contribution is 2.12. The quantitative estimate of drug-likeness (QED) is 0.911.